The average molecular weight is 392 g/mol. The van der Waals surface area contributed by atoms with Crippen LogP contribution in [0.15, 0.2) is 29.3 Å². The molecule has 5 N–H and O–H groups in total. The first kappa shape index (κ1) is 23.3. The van der Waals surface area contributed by atoms with E-state index in [4.69, 9.17) is 10.5 Å². The smallest absolute Gasteiger partial charge is 0.341 e. The van der Waals surface area contributed by atoms with Gasteiger partial charge in [0.25, 0.3) is 0 Å². The van der Waals surface area contributed by atoms with Crippen molar-refractivity contribution in [1.29, 1.82) is 0 Å². The zero-order valence-electron chi connectivity index (χ0n) is 14.3. The number of urea groups is 1. The molecule has 0 fully saturated rings. The van der Waals surface area contributed by atoms with Crippen LogP contribution in [0, 0.1) is 0 Å². The Hall–Kier alpha value is -1.70. The van der Waals surface area contributed by atoms with Gasteiger partial charge in [0.2, 0.25) is 5.96 Å². The number of aryl methyl sites for hydroxylation is 1. The summed E-state index contributed by atoms with van der Waals surface area (Å²) in [7, 11) is 0. The normalized spacial score (nSPS) is 15.7. The number of ether oxygens (including phenoxy) is 1. The number of nitrogens with one attached hydrogen (secondary N) is 3. The molecule has 1 atom stereocenters. The maximum atomic E-state index is 10.8. The number of carbonyl (C=O) groups excluding carboxylic acids is 1. The number of nitrogens with zero attached hydrogens (tertiary/aromatic N) is 1. The Morgan fingerprint density at radius 2 is 2.04 bits per heavy atom. The maximum absolute atomic E-state index is 10.8. The number of hydrogen-bond acceptors (Lipinski definition) is 3. The van der Waals surface area contributed by atoms with Gasteiger partial charge >= 0.3 is 6.03 Å². The summed E-state index contributed by atoms with van der Waals surface area (Å²) in [4.78, 5) is 14.5. The van der Waals surface area contributed by atoms with E-state index in [-0.39, 0.29) is 30.9 Å². The van der Waals surface area contributed by atoms with Crippen LogP contribution in [0.2, 0.25) is 0 Å². The van der Waals surface area contributed by atoms with E-state index in [1.807, 2.05) is 25.1 Å². The molecule has 2 rings (SSSR count). The van der Waals surface area contributed by atoms with Gasteiger partial charge in [-0.3, -0.25) is 0 Å². The fourth-order valence-corrected chi connectivity index (χ4v) is 2.48. The van der Waals surface area contributed by atoms with E-state index in [9.17, 15) is 4.79 Å². The molecule has 9 heteroatoms. The zero-order chi connectivity index (χ0) is 16.5. The highest BCUT2D eigenvalue weighted by Crippen LogP contribution is 2.26. The van der Waals surface area contributed by atoms with E-state index in [0.717, 1.165) is 31.7 Å². The molecule has 2 amide bonds. The van der Waals surface area contributed by atoms with Gasteiger partial charge in [-0.2, -0.15) is 4.99 Å². The van der Waals surface area contributed by atoms with Gasteiger partial charge in [-0.1, -0.05) is 18.2 Å². The molecule has 1 aliphatic heterocycles. The highest BCUT2D eigenvalue weighted by atomic mass is 35.5. The first-order valence-electron chi connectivity index (χ1n) is 8.00. The van der Waals surface area contributed by atoms with Gasteiger partial charge in [-0.25, -0.2) is 4.79 Å². The SMILES string of the molecule is CCN/C(=N/C(N)=O)NCCNCC1CCc2ccccc2O1.Cl.Cl. The number of halogens is 2. The Labute approximate surface area is 161 Å². The fraction of sp³-hybridized carbons (Fsp3) is 0.500. The van der Waals surface area contributed by atoms with Crippen LogP contribution in [-0.4, -0.2) is 44.3 Å². The summed E-state index contributed by atoms with van der Waals surface area (Å²) in [5.74, 6) is 1.40. The second-order valence-corrected chi connectivity index (χ2v) is 5.35. The van der Waals surface area contributed by atoms with E-state index in [1.54, 1.807) is 0 Å². The second kappa shape index (κ2) is 12.6. The highest BCUT2D eigenvalue weighted by Gasteiger charge is 2.18. The number of nitrogens with two attached hydrogens (primary N) is 1. The van der Waals surface area contributed by atoms with Crippen LogP contribution in [0.5, 0.6) is 5.75 Å². The molecular weight excluding hydrogens is 365 g/mol. The third kappa shape index (κ3) is 8.29. The summed E-state index contributed by atoms with van der Waals surface area (Å²) in [5.41, 5.74) is 6.33. The lowest BCUT2D eigenvalue weighted by molar-refractivity contribution is 0.171. The van der Waals surface area contributed by atoms with Crippen LogP contribution >= 0.6 is 24.8 Å². The molecule has 0 saturated heterocycles. The van der Waals surface area contributed by atoms with Gasteiger partial charge in [-0.05, 0) is 31.4 Å². The van der Waals surface area contributed by atoms with Gasteiger partial charge in [0, 0.05) is 26.2 Å². The molecule has 1 unspecified atom stereocenters. The van der Waals surface area contributed by atoms with Crippen molar-refractivity contribution in [2.45, 2.75) is 25.9 Å². The van der Waals surface area contributed by atoms with Gasteiger partial charge in [0.15, 0.2) is 0 Å². The monoisotopic (exact) mass is 391 g/mol. The molecule has 1 heterocycles. The molecule has 0 aliphatic carbocycles. The molecule has 0 radical (unpaired) electrons. The van der Waals surface area contributed by atoms with Crippen molar-refractivity contribution < 1.29 is 9.53 Å². The quantitative estimate of drug-likeness (QED) is 0.334. The van der Waals surface area contributed by atoms with Crippen molar-refractivity contribution in [3.8, 4) is 5.75 Å². The van der Waals surface area contributed by atoms with Crippen LogP contribution in [0.25, 0.3) is 0 Å². The highest BCUT2D eigenvalue weighted by molar-refractivity contribution is 5.91. The number of rotatable bonds is 6. The number of fused-ring (bicyclic) bond motifs is 1. The number of primary amides is 1. The number of aliphatic imine (C=N–C) groups is 1. The first-order chi connectivity index (χ1) is 11.2. The van der Waals surface area contributed by atoms with Crippen LogP contribution in [0.1, 0.15) is 18.9 Å². The minimum atomic E-state index is -0.712. The minimum absolute atomic E-state index is 0. The summed E-state index contributed by atoms with van der Waals surface area (Å²) in [6.07, 6.45) is 2.26. The summed E-state index contributed by atoms with van der Waals surface area (Å²) >= 11 is 0. The molecule has 142 valence electrons. The van der Waals surface area contributed by atoms with Gasteiger partial charge in [-0.15, -0.1) is 24.8 Å². The molecule has 1 aromatic carbocycles. The predicted molar refractivity (Wildman–Crippen MR) is 105 cm³/mol. The van der Waals surface area contributed by atoms with E-state index >= 15 is 0 Å². The Kier molecular flexibility index (Phi) is 11.8. The van der Waals surface area contributed by atoms with Gasteiger partial charge in [0.05, 0.1) is 0 Å². The average Bonchev–Trinajstić information content (AvgIpc) is 2.54. The summed E-state index contributed by atoms with van der Waals surface area (Å²) in [5, 5.41) is 9.34. The van der Waals surface area contributed by atoms with Gasteiger partial charge < -0.3 is 26.4 Å². The van der Waals surface area contributed by atoms with Crippen LogP contribution in [-0.2, 0) is 6.42 Å². The van der Waals surface area contributed by atoms with Crippen molar-refractivity contribution in [3.63, 3.8) is 0 Å². The van der Waals surface area contributed by atoms with E-state index in [0.29, 0.717) is 19.0 Å². The molecular formula is C16H27Cl2N5O2. The number of guanidine groups is 1. The lowest BCUT2D eigenvalue weighted by Gasteiger charge is -2.26. The Morgan fingerprint density at radius 3 is 2.76 bits per heavy atom. The third-order valence-corrected chi connectivity index (χ3v) is 3.53. The summed E-state index contributed by atoms with van der Waals surface area (Å²) in [6.45, 7) is 4.77. The largest absolute Gasteiger partial charge is 0.489 e. The fourth-order valence-electron chi connectivity index (χ4n) is 2.48. The zero-order valence-corrected chi connectivity index (χ0v) is 15.9. The molecule has 25 heavy (non-hydrogen) atoms. The predicted octanol–water partition coefficient (Wildman–Crippen LogP) is 1.45. The number of amides is 2. The number of para-hydroxylation sites is 1. The number of hydrogen-bond donors (Lipinski definition) is 4. The number of benzene rings is 1. The lowest BCUT2D eigenvalue weighted by Crippen LogP contribution is -2.43. The number of carbonyl (C=O) groups is 1. The molecule has 1 aromatic rings. The van der Waals surface area contributed by atoms with Crippen molar-refractivity contribution in [1.82, 2.24) is 16.0 Å². The van der Waals surface area contributed by atoms with Crippen molar-refractivity contribution in [3.05, 3.63) is 29.8 Å². The van der Waals surface area contributed by atoms with Crippen molar-refractivity contribution in [2.24, 2.45) is 10.7 Å². The molecule has 1 aliphatic rings. The maximum Gasteiger partial charge on any atom is 0.341 e. The molecule has 0 spiro atoms. The summed E-state index contributed by atoms with van der Waals surface area (Å²) in [6, 6.07) is 7.46. The standard InChI is InChI=1S/C16H25N5O2.2ClH/c1-2-19-16(21-15(17)22)20-10-9-18-11-13-8-7-12-5-3-4-6-14(12)23-13;;/h3-6,13,18H,2,7-11H2,1H3,(H4,17,19,20,21,22);2*1H. The van der Waals surface area contributed by atoms with Gasteiger partial charge in [0.1, 0.15) is 11.9 Å². The van der Waals surface area contributed by atoms with Crippen LogP contribution in [0.3, 0.4) is 0 Å². The van der Waals surface area contributed by atoms with E-state index < -0.39 is 6.03 Å². The van der Waals surface area contributed by atoms with Crippen molar-refractivity contribution in [2.75, 3.05) is 26.2 Å². The molecule has 0 aromatic heterocycles. The molecule has 7 nitrogen and oxygen atoms in total. The minimum Gasteiger partial charge on any atom is -0.489 e. The second-order valence-electron chi connectivity index (χ2n) is 5.35. The lowest BCUT2D eigenvalue weighted by atomic mass is 10.0. The summed E-state index contributed by atoms with van der Waals surface area (Å²) < 4.78 is 5.97. The third-order valence-electron chi connectivity index (χ3n) is 3.53. The molecule has 0 saturated carbocycles. The van der Waals surface area contributed by atoms with Crippen LogP contribution in [0.4, 0.5) is 4.79 Å². The topological polar surface area (TPSA) is 101 Å². The van der Waals surface area contributed by atoms with Crippen molar-refractivity contribution >= 4 is 36.8 Å². The van der Waals surface area contributed by atoms with E-state index in [1.165, 1.54) is 5.56 Å². The Bertz CT molecular complexity index is 557. The molecule has 0 bridgehead atoms. The first-order valence-corrected chi connectivity index (χ1v) is 8.00. The van der Waals surface area contributed by atoms with E-state index in [2.05, 4.69) is 27.0 Å². The Balaban J connectivity index is 0.00000288. The Morgan fingerprint density at radius 1 is 1.28 bits per heavy atom. The van der Waals surface area contributed by atoms with Crippen LogP contribution < -0.4 is 26.4 Å².